The Labute approximate surface area is 130 Å². The number of carbonyl (C=O) groups excluding carboxylic acids is 2. The number of methoxy groups -OCH3 is 1. The molecule has 0 aliphatic carbocycles. The van der Waals surface area contributed by atoms with Gasteiger partial charge in [-0.15, -0.1) is 0 Å². The second kappa shape index (κ2) is 7.79. The van der Waals surface area contributed by atoms with Crippen molar-refractivity contribution in [1.82, 2.24) is 5.32 Å². The lowest BCUT2D eigenvalue weighted by Crippen LogP contribution is -2.35. The van der Waals surface area contributed by atoms with Crippen LogP contribution in [0.2, 0.25) is 0 Å². The molecule has 0 aromatic heterocycles. The Balaban J connectivity index is 2.00. The number of hydrogen-bond donors (Lipinski definition) is 2. The lowest BCUT2D eigenvalue weighted by Gasteiger charge is -2.28. The SMILES string of the molecule is COCCNC(=O)Nc1ccc(N2CCCCC2=O)c(C)c1. The van der Waals surface area contributed by atoms with Gasteiger partial charge in [-0.1, -0.05) is 0 Å². The van der Waals surface area contributed by atoms with Gasteiger partial charge in [-0.25, -0.2) is 4.79 Å². The van der Waals surface area contributed by atoms with Crippen LogP contribution in [0.1, 0.15) is 24.8 Å². The van der Waals surface area contributed by atoms with Crippen molar-refractivity contribution in [2.75, 3.05) is 37.0 Å². The number of amides is 3. The molecule has 1 fully saturated rings. The van der Waals surface area contributed by atoms with E-state index < -0.39 is 0 Å². The predicted molar refractivity (Wildman–Crippen MR) is 86.3 cm³/mol. The number of hydrogen-bond acceptors (Lipinski definition) is 3. The maximum absolute atomic E-state index is 12.0. The van der Waals surface area contributed by atoms with Crippen LogP contribution in [0.4, 0.5) is 16.2 Å². The van der Waals surface area contributed by atoms with Crippen LogP contribution in [0.3, 0.4) is 0 Å². The third-order valence-electron chi connectivity index (χ3n) is 3.66. The van der Waals surface area contributed by atoms with E-state index in [9.17, 15) is 9.59 Å². The molecule has 1 aromatic carbocycles. The maximum atomic E-state index is 12.0. The summed E-state index contributed by atoms with van der Waals surface area (Å²) >= 11 is 0. The molecule has 6 heteroatoms. The molecule has 0 radical (unpaired) electrons. The third-order valence-corrected chi connectivity index (χ3v) is 3.66. The van der Waals surface area contributed by atoms with Gasteiger partial charge in [0, 0.05) is 38.0 Å². The zero-order valence-electron chi connectivity index (χ0n) is 13.1. The number of urea groups is 1. The summed E-state index contributed by atoms with van der Waals surface area (Å²) < 4.78 is 4.87. The molecule has 1 saturated heterocycles. The van der Waals surface area contributed by atoms with Crippen molar-refractivity contribution in [1.29, 1.82) is 0 Å². The van der Waals surface area contributed by atoms with Gasteiger partial charge >= 0.3 is 6.03 Å². The van der Waals surface area contributed by atoms with Gasteiger partial charge < -0.3 is 20.3 Å². The minimum absolute atomic E-state index is 0.173. The molecule has 0 spiro atoms. The van der Waals surface area contributed by atoms with E-state index in [1.54, 1.807) is 7.11 Å². The van der Waals surface area contributed by atoms with Crippen LogP contribution < -0.4 is 15.5 Å². The van der Waals surface area contributed by atoms with Crippen LogP contribution in [0.15, 0.2) is 18.2 Å². The zero-order valence-corrected chi connectivity index (χ0v) is 13.1. The Morgan fingerprint density at radius 3 is 2.86 bits per heavy atom. The lowest BCUT2D eigenvalue weighted by atomic mass is 10.1. The molecule has 120 valence electrons. The molecular weight excluding hydrogens is 282 g/mol. The number of nitrogens with zero attached hydrogens (tertiary/aromatic N) is 1. The van der Waals surface area contributed by atoms with Crippen molar-refractivity contribution in [2.45, 2.75) is 26.2 Å². The summed E-state index contributed by atoms with van der Waals surface area (Å²) in [6.45, 7) is 3.65. The number of rotatable bonds is 5. The average Bonchev–Trinajstić information content (AvgIpc) is 2.49. The Morgan fingerprint density at radius 2 is 2.18 bits per heavy atom. The van der Waals surface area contributed by atoms with E-state index >= 15 is 0 Å². The summed E-state index contributed by atoms with van der Waals surface area (Å²) in [5.74, 6) is 0.173. The fourth-order valence-corrected chi connectivity index (χ4v) is 2.54. The predicted octanol–water partition coefficient (Wildman–Crippen LogP) is 2.28. The number of ether oxygens (including phenoxy) is 1. The van der Waals surface area contributed by atoms with Gasteiger partial charge in [0.1, 0.15) is 0 Å². The van der Waals surface area contributed by atoms with E-state index in [2.05, 4.69) is 10.6 Å². The maximum Gasteiger partial charge on any atom is 0.319 e. The lowest BCUT2D eigenvalue weighted by molar-refractivity contribution is -0.119. The Bertz CT molecular complexity index is 545. The average molecular weight is 305 g/mol. The summed E-state index contributed by atoms with van der Waals surface area (Å²) in [5, 5.41) is 5.47. The smallest absolute Gasteiger partial charge is 0.319 e. The van der Waals surface area contributed by atoms with Gasteiger partial charge in [0.05, 0.1) is 6.61 Å². The highest BCUT2D eigenvalue weighted by atomic mass is 16.5. The second-order valence-corrected chi connectivity index (χ2v) is 5.38. The van der Waals surface area contributed by atoms with E-state index in [0.717, 1.165) is 30.6 Å². The van der Waals surface area contributed by atoms with Gasteiger partial charge in [0.15, 0.2) is 0 Å². The fourth-order valence-electron chi connectivity index (χ4n) is 2.54. The summed E-state index contributed by atoms with van der Waals surface area (Å²) in [6.07, 6.45) is 2.62. The van der Waals surface area contributed by atoms with E-state index in [4.69, 9.17) is 4.74 Å². The van der Waals surface area contributed by atoms with Crippen molar-refractivity contribution in [3.8, 4) is 0 Å². The molecule has 0 atom stereocenters. The monoisotopic (exact) mass is 305 g/mol. The van der Waals surface area contributed by atoms with Crippen molar-refractivity contribution in [3.05, 3.63) is 23.8 Å². The molecule has 1 aliphatic heterocycles. The van der Waals surface area contributed by atoms with Crippen LogP contribution >= 0.6 is 0 Å². The standard InChI is InChI=1S/C16H23N3O3/c1-12-11-13(18-16(21)17-8-10-22-2)6-7-14(12)19-9-4-3-5-15(19)20/h6-7,11H,3-5,8-10H2,1-2H3,(H2,17,18,21). The van der Waals surface area contributed by atoms with E-state index in [1.165, 1.54) is 0 Å². The molecule has 6 nitrogen and oxygen atoms in total. The normalized spacial score (nSPS) is 14.8. The van der Waals surface area contributed by atoms with Crippen LogP contribution in [0, 0.1) is 6.92 Å². The van der Waals surface area contributed by atoms with Gasteiger partial charge in [0.25, 0.3) is 0 Å². The number of benzene rings is 1. The quantitative estimate of drug-likeness (QED) is 0.820. The third kappa shape index (κ3) is 4.21. The fraction of sp³-hybridized carbons (Fsp3) is 0.500. The molecule has 2 rings (SSSR count). The van der Waals surface area contributed by atoms with Crippen LogP contribution in [-0.2, 0) is 9.53 Å². The topological polar surface area (TPSA) is 70.7 Å². The first kappa shape index (κ1) is 16.3. The summed E-state index contributed by atoms with van der Waals surface area (Å²) in [6, 6.07) is 5.33. The Kier molecular flexibility index (Phi) is 5.77. The molecule has 1 aliphatic rings. The van der Waals surface area contributed by atoms with Crippen molar-refractivity contribution >= 4 is 23.3 Å². The highest BCUT2D eigenvalue weighted by Gasteiger charge is 2.21. The van der Waals surface area contributed by atoms with Crippen LogP contribution in [0.5, 0.6) is 0 Å². The van der Waals surface area contributed by atoms with E-state index in [0.29, 0.717) is 25.3 Å². The van der Waals surface area contributed by atoms with E-state index in [1.807, 2.05) is 30.0 Å². The number of carbonyl (C=O) groups is 2. The molecule has 2 N–H and O–H groups in total. The van der Waals surface area contributed by atoms with Gasteiger partial charge in [-0.05, 0) is 43.5 Å². The number of nitrogens with one attached hydrogen (secondary N) is 2. The molecule has 3 amide bonds. The van der Waals surface area contributed by atoms with Crippen molar-refractivity contribution in [2.24, 2.45) is 0 Å². The van der Waals surface area contributed by atoms with Crippen molar-refractivity contribution < 1.29 is 14.3 Å². The first-order chi connectivity index (χ1) is 10.6. The van der Waals surface area contributed by atoms with Gasteiger partial charge in [0.2, 0.25) is 5.91 Å². The minimum Gasteiger partial charge on any atom is -0.383 e. The Morgan fingerprint density at radius 1 is 1.36 bits per heavy atom. The molecule has 0 saturated carbocycles. The zero-order chi connectivity index (χ0) is 15.9. The van der Waals surface area contributed by atoms with Gasteiger partial charge in [-0.2, -0.15) is 0 Å². The van der Waals surface area contributed by atoms with Crippen LogP contribution in [-0.4, -0.2) is 38.7 Å². The summed E-state index contributed by atoms with van der Waals surface area (Å²) in [4.78, 5) is 25.5. The molecule has 22 heavy (non-hydrogen) atoms. The summed E-state index contributed by atoms with van der Waals surface area (Å²) in [7, 11) is 1.59. The molecule has 1 heterocycles. The first-order valence-electron chi connectivity index (χ1n) is 7.56. The van der Waals surface area contributed by atoms with Gasteiger partial charge in [-0.3, -0.25) is 4.79 Å². The second-order valence-electron chi connectivity index (χ2n) is 5.38. The first-order valence-corrected chi connectivity index (χ1v) is 7.56. The van der Waals surface area contributed by atoms with E-state index in [-0.39, 0.29) is 11.9 Å². The Hall–Kier alpha value is -2.08. The van der Waals surface area contributed by atoms with Crippen LogP contribution in [0.25, 0.3) is 0 Å². The number of anilines is 2. The van der Waals surface area contributed by atoms with Crippen molar-refractivity contribution in [3.63, 3.8) is 0 Å². The highest BCUT2D eigenvalue weighted by Crippen LogP contribution is 2.26. The molecule has 1 aromatic rings. The highest BCUT2D eigenvalue weighted by molar-refractivity contribution is 5.95. The molecular formula is C16H23N3O3. The number of piperidine rings is 1. The largest absolute Gasteiger partial charge is 0.383 e. The minimum atomic E-state index is -0.266. The molecule has 0 unspecified atom stereocenters. The number of aryl methyl sites for hydroxylation is 1. The summed E-state index contributed by atoms with van der Waals surface area (Å²) in [5.41, 5.74) is 2.61. The molecule has 0 bridgehead atoms.